The Kier molecular flexibility index (Phi) is 7.14. The lowest BCUT2D eigenvalue weighted by Crippen LogP contribution is -3.11. The molecule has 2 aromatic carbocycles. The average molecular weight is 428 g/mol. The van der Waals surface area contributed by atoms with Crippen LogP contribution in [0.4, 0.5) is 0 Å². The Bertz CT molecular complexity index is 871. The first kappa shape index (κ1) is 21.3. The molecule has 4 rings (SSSR count). The maximum Gasteiger partial charge on any atom is 0.275 e. The van der Waals surface area contributed by atoms with Crippen molar-refractivity contribution in [1.29, 1.82) is 0 Å². The summed E-state index contributed by atoms with van der Waals surface area (Å²) in [6.07, 6.45) is 2.19. The van der Waals surface area contributed by atoms with Gasteiger partial charge in [0.2, 0.25) is 0 Å². The maximum absolute atomic E-state index is 12.5. The monoisotopic (exact) mass is 427 g/mol. The third-order valence-electron chi connectivity index (χ3n) is 5.67. The Balaban J connectivity index is 1.22. The molecule has 1 amide bonds. The molecular formula is C24H31N2O5+. The number of carbonyl (C=O) groups is 1. The van der Waals surface area contributed by atoms with Gasteiger partial charge in [0.05, 0.1) is 19.7 Å². The molecule has 2 aromatic rings. The molecule has 0 radical (unpaired) electrons. The van der Waals surface area contributed by atoms with Crippen molar-refractivity contribution in [3.63, 3.8) is 0 Å². The van der Waals surface area contributed by atoms with E-state index >= 15 is 0 Å². The lowest BCUT2D eigenvalue weighted by Gasteiger charge is -2.24. The van der Waals surface area contributed by atoms with Crippen LogP contribution in [0.25, 0.3) is 0 Å². The molecule has 0 bridgehead atoms. The van der Waals surface area contributed by atoms with Crippen LogP contribution in [0, 0.1) is 0 Å². The molecule has 1 saturated heterocycles. The van der Waals surface area contributed by atoms with Gasteiger partial charge in [-0.15, -0.1) is 0 Å². The van der Waals surface area contributed by atoms with Crippen molar-refractivity contribution in [2.24, 2.45) is 0 Å². The fourth-order valence-corrected chi connectivity index (χ4v) is 4.23. The minimum atomic E-state index is 0.0507. The van der Waals surface area contributed by atoms with Crippen LogP contribution in [0.3, 0.4) is 0 Å². The first-order valence-electron chi connectivity index (χ1n) is 11.1. The quantitative estimate of drug-likeness (QED) is 0.597. The fraction of sp³-hybridized carbons (Fsp3) is 0.458. The van der Waals surface area contributed by atoms with Gasteiger partial charge in [0.25, 0.3) is 5.91 Å². The molecule has 31 heavy (non-hydrogen) atoms. The predicted octanol–water partition coefficient (Wildman–Crippen LogP) is 1.77. The van der Waals surface area contributed by atoms with Gasteiger partial charge in [0.1, 0.15) is 37.4 Å². The molecule has 0 aromatic heterocycles. The van der Waals surface area contributed by atoms with Crippen LogP contribution in [-0.2, 0) is 4.79 Å². The van der Waals surface area contributed by atoms with E-state index in [1.54, 1.807) is 0 Å². The molecule has 166 valence electrons. The molecule has 1 fully saturated rings. The van der Waals surface area contributed by atoms with Gasteiger partial charge >= 0.3 is 0 Å². The third-order valence-corrected chi connectivity index (χ3v) is 5.67. The van der Waals surface area contributed by atoms with E-state index in [1.165, 1.54) is 10.5 Å². The molecule has 0 aliphatic carbocycles. The highest BCUT2D eigenvalue weighted by Gasteiger charge is 2.32. The van der Waals surface area contributed by atoms with Crippen molar-refractivity contribution in [2.45, 2.75) is 25.8 Å². The average Bonchev–Trinajstić information content (AvgIpc) is 3.25. The first-order valence-corrected chi connectivity index (χ1v) is 11.1. The van der Waals surface area contributed by atoms with E-state index in [1.807, 2.05) is 37.3 Å². The number of hydrogen-bond acceptors (Lipinski definition) is 5. The molecule has 2 heterocycles. The van der Waals surface area contributed by atoms with Crippen LogP contribution in [0.5, 0.6) is 23.0 Å². The van der Waals surface area contributed by atoms with Gasteiger partial charge in [-0.05, 0) is 49.4 Å². The smallest absolute Gasteiger partial charge is 0.275 e. The maximum atomic E-state index is 12.5. The second kappa shape index (κ2) is 10.4. The Morgan fingerprint density at radius 1 is 1.06 bits per heavy atom. The Morgan fingerprint density at radius 2 is 1.81 bits per heavy atom. The zero-order valence-corrected chi connectivity index (χ0v) is 18.0. The summed E-state index contributed by atoms with van der Waals surface area (Å²) in [5.74, 6) is 3.26. The number of rotatable bonds is 9. The molecular weight excluding hydrogens is 396 g/mol. The number of hydrogen-bond donors (Lipinski definition) is 2. The molecule has 0 saturated carbocycles. The molecule has 7 nitrogen and oxygen atoms in total. The SMILES string of the molecule is CCOc1ccc(OCCNC(=O)C[NH+]2CCC[C@H]2c2ccc3c(c2)OCCO3)cc1. The topological polar surface area (TPSA) is 70.5 Å². The van der Waals surface area contributed by atoms with Gasteiger partial charge in [-0.1, -0.05) is 0 Å². The first-order chi connectivity index (χ1) is 15.2. The molecule has 2 N–H and O–H groups in total. The van der Waals surface area contributed by atoms with Crippen molar-refractivity contribution < 1.29 is 28.6 Å². The summed E-state index contributed by atoms with van der Waals surface area (Å²) >= 11 is 0. The van der Waals surface area contributed by atoms with Gasteiger partial charge in [-0.3, -0.25) is 4.79 Å². The van der Waals surface area contributed by atoms with Gasteiger partial charge in [-0.2, -0.15) is 0 Å². The minimum Gasteiger partial charge on any atom is -0.494 e. The van der Waals surface area contributed by atoms with E-state index in [2.05, 4.69) is 17.4 Å². The van der Waals surface area contributed by atoms with Crippen molar-refractivity contribution in [3.8, 4) is 23.0 Å². The van der Waals surface area contributed by atoms with Crippen LogP contribution in [0.1, 0.15) is 31.4 Å². The number of amides is 1. The predicted molar refractivity (Wildman–Crippen MR) is 116 cm³/mol. The van der Waals surface area contributed by atoms with Crippen LogP contribution in [0.2, 0.25) is 0 Å². The summed E-state index contributed by atoms with van der Waals surface area (Å²) in [5, 5.41) is 2.98. The Morgan fingerprint density at radius 3 is 2.58 bits per heavy atom. The second-order valence-electron chi connectivity index (χ2n) is 7.79. The molecule has 2 aliphatic heterocycles. The van der Waals surface area contributed by atoms with Gasteiger partial charge in [0.15, 0.2) is 18.0 Å². The van der Waals surface area contributed by atoms with E-state index in [0.717, 1.165) is 42.4 Å². The highest BCUT2D eigenvalue weighted by atomic mass is 16.6. The Hall–Kier alpha value is -2.93. The van der Waals surface area contributed by atoms with E-state index in [0.29, 0.717) is 45.6 Å². The minimum absolute atomic E-state index is 0.0507. The van der Waals surface area contributed by atoms with Crippen molar-refractivity contribution >= 4 is 5.91 Å². The number of carbonyl (C=O) groups excluding carboxylic acids is 1. The summed E-state index contributed by atoms with van der Waals surface area (Å²) < 4.78 is 22.5. The normalized spacial score (nSPS) is 19.6. The van der Waals surface area contributed by atoms with E-state index in [-0.39, 0.29) is 5.91 Å². The zero-order valence-electron chi connectivity index (χ0n) is 18.0. The Labute approximate surface area is 183 Å². The fourth-order valence-electron chi connectivity index (χ4n) is 4.23. The van der Waals surface area contributed by atoms with Crippen LogP contribution < -0.4 is 29.2 Å². The highest BCUT2D eigenvalue weighted by Crippen LogP contribution is 2.33. The van der Waals surface area contributed by atoms with E-state index in [4.69, 9.17) is 18.9 Å². The van der Waals surface area contributed by atoms with E-state index in [9.17, 15) is 4.79 Å². The van der Waals surface area contributed by atoms with Gasteiger partial charge < -0.3 is 29.2 Å². The molecule has 2 aliphatic rings. The van der Waals surface area contributed by atoms with Crippen molar-refractivity contribution in [3.05, 3.63) is 48.0 Å². The lowest BCUT2D eigenvalue weighted by molar-refractivity contribution is -0.910. The lowest BCUT2D eigenvalue weighted by atomic mass is 10.0. The third kappa shape index (κ3) is 5.61. The molecule has 2 atom stereocenters. The van der Waals surface area contributed by atoms with Crippen LogP contribution in [-0.4, -0.2) is 52.0 Å². The summed E-state index contributed by atoms with van der Waals surface area (Å²) in [6.45, 7) is 6.14. The van der Waals surface area contributed by atoms with E-state index < -0.39 is 0 Å². The van der Waals surface area contributed by atoms with Gasteiger partial charge in [0, 0.05) is 18.4 Å². The number of benzene rings is 2. The zero-order chi connectivity index (χ0) is 21.5. The van der Waals surface area contributed by atoms with Crippen molar-refractivity contribution in [1.82, 2.24) is 5.32 Å². The summed E-state index contributed by atoms with van der Waals surface area (Å²) in [7, 11) is 0. The molecule has 7 heteroatoms. The number of fused-ring (bicyclic) bond motifs is 1. The molecule has 0 spiro atoms. The largest absolute Gasteiger partial charge is 0.494 e. The number of quaternary nitrogens is 1. The van der Waals surface area contributed by atoms with Crippen molar-refractivity contribution in [2.75, 3.05) is 46.1 Å². The second-order valence-corrected chi connectivity index (χ2v) is 7.79. The summed E-state index contributed by atoms with van der Waals surface area (Å²) in [4.78, 5) is 13.8. The summed E-state index contributed by atoms with van der Waals surface area (Å²) in [5.41, 5.74) is 1.21. The summed E-state index contributed by atoms with van der Waals surface area (Å²) in [6, 6.07) is 14.0. The van der Waals surface area contributed by atoms with Crippen LogP contribution >= 0.6 is 0 Å². The highest BCUT2D eigenvalue weighted by molar-refractivity contribution is 5.76. The molecule has 1 unspecified atom stereocenters. The number of nitrogens with one attached hydrogen (secondary N) is 2. The standard InChI is InChI=1S/C24H30N2O5/c1-2-28-19-6-8-20(9-7-19)29-13-11-25-24(27)17-26-12-3-4-21(26)18-5-10-22-23(16-18)31-15-14-30-22/h5-10,16,21H,2-4,11-15,17H2,1H3,(H,25,27)/p+1/t21-/m0/s1. The van der Waals surface area contributed by atoms with Gasteiger partial charge in [-0.25, -0.2) is 0 Å². The number of likely N-dealkylation sites (tertiary alicyclic amines) is 1. The van der Waals surface area contributed by atoms with Crippen LogP contribution in [0.15, 0.2) is 42.5 Å². The number of ether oxygens (including phenoxy) is 4.